The highest BCUT2D eigenvalue weighted by molar-refractivity contribution is 6.00. The number of carbonyl (C=O) groups is 1. The van der Waals surface area contributed by atoms with Crippen molar-refractivity contribution >= 4 is 22.6 Å². The second-order valence-corrected chi connectivity index (χ2v) is 6.74. The van der Waals surface area contributed by atoms with Crippen molar-refractivity contribution in [3.63, 3.8) is 0 Å². The number of hydrogen-bond acceptors (Lipinski definition) is 3. The molecule has 0 unspecified atom stereocenters. The average Bonchev–Trinajstić information content (AvgIpc) is 2.87. The highest BCUT2D eigenvalue weighted by Crippen LogP contribution is 2.28. The van der Waals surface area contributed by atoms with Crippen LogP contribution < -0.4 is 5.32 Å². The molecule has 134 valence electrons. The number of benzene rings is 1. The lowest BCUT2D eigenvalue weighted by Gasteiger charge is -2.30. The molecule has 5 nitrogen and oxygen atoms in total. The third kappa shape index (κ3) is 2.81. The van der Waals surface area contributed by atoms with Gasteiger partial charge >= 0.3 is 0 Å². The van der Waals surface area contributed by atoms with E-state index in [1.54, 1.807) is 23.1 Å². The Kier molecular flexibility index (Phi) is 4.11. The summed E-state index contributed by atoms with van der Waals surface area (Å²) >= 11 is 0. The lowest BCUT2D eigenvalue weighted by molar-refractivity contribution is 0.0646. The van der Waals surface area contributed by atoms with E-state index in [9.17, 15) is 9.18 Å². The molecule has 0 saturated carbocycles. The van der Waals surface area contributed by atoms with E-state index in [-0.39, 0.29) is 11.7 Å². The monoisotopic (exact) mass is 352 g/mol. The van der Waals surface area contributed by atoms with Gasteiger partial charge in [-0.05, 0) is 38.0 Å². The number of fused-ring (bicyclic) bond motifs is 1. The summed E-state index contributed by atoms with van der Waals surface area (Å²) in [5.74, 6) is 0.263. The molecule has 0 aliphatic carbocycles. The molecule has 0 radical (unpaired) electrons. The molecule has 3 aromatic rings. The summed E-state index contributed by atoms with van der Waals surface area (Å²) in [5, 5.41) is 4.17. The van der Waals surface area contributed by atoms with Crippen LogP contribution in [0.1, 0.15) is 33.7 Å². The number of pyridine rings is 1. The van der Waals surface area contributed by atoms with Gasteiger partial charge in [-0.2, -0.15) is 0 Å². The number of carbonyl (C=O) groups excluding carboxylic acids is 1. The number of aromatic amines is 1. The van der Waals surface area contributed by atoms with E-state index in [1.807, 2.05) is 19.9 Å². The molecular weight excluding hydrogens is 331 g/mol. The number of H-pyrrole nitrogens is 1. The van der Waals surface area contributed by atoms with E-state index in [0.717, 1.165) is 41.7 Å². The predicted molar refractivity (Wildman–Crippen MR) is 99.8 cm³/mol. The standard InChI is InChI=1S/C20H21FN4O/c1-12-13(2)23-18-15(12)10-17(20(26)25-8-5-9-25)24-19(18)22-11-14-6-3-4-7-16(14)21/h3-4,6-7,10,23H,5,8-9,11H2,1-2H3,(H,22,24). The molecule has 0 bridgehead atoms. The molecule has 0 atom stereocenters. The Labute approximate surface area is 151 Å². The molecule has 2 aromatic heterocycles. The number of hydrogen-bond donors (Lipinski definition) is 2. The first-order valence-electron chi connectivity index (χ1n) is 8.81. The highest BCUT2D eigenvalue weighted by atomic mass is 19.1. The fraction of sp³-hybridized carbons (Fsp3) is 0.300. The van der Waals surface area contributed by atoms with Crippen molar-refractivity contribution in [2.75, 3.05) is 18.4 Å². The van der Waals surface area contributed by atoms with Crippen molar-refractivity contribution < 1.29 is 9.18 Å². The number of halogens is 1. The van der Waals surface area contributed by atoms with Gasteiger partial charge in [-0.1, -0.05) is 18.2 Å². The van der Waals surface area contributed by atoms with Gasteiger partial charge in [0.15, 0.2) is 5.82 Å². The molecule has 26 heavy (non-hydrogen) atoms. The third-order valence-corrected chi connectivity index (χ3v) is 5.06. The SMILES string of the molecule is Cc1[nH]c2c(NCc3ccccc3F)nc(C(=O)N3CCC3)cc2c1C. The Morgan fingerprint density at radius 2 is 2.08 bits per heavy atom. The van der Waals surface area contributed by atoms with Crippen LogP contribution in [0.3, 0.4) is 0 Å². The van der Waals surface area contributed by atoms with Gasteiger partial charge in [-0.25, -0.2) is 9.37 Å². The first kappa shape index (κ1) is 16.6. The van der Waals surface area contributed by atoms with Gasteiger partial charge in [-0.3, -0.25) is 4.79 Å². The van der Waals surface area contributed by atoms with Gasteiger partial charge in [0.05, 0.1) is 5.52 Å². The molecule has 1 aliphatic rings. The normalized spacial score (nSPS) is 13.7. The number of amides is 1. The number of aryl methyl sites for hydroxylation is 2. The topological polar surface area (TPSA) is 61.0 Å². The Hall–Kier alpha value is -2.89. The quantitative estimate of drug-likeness (QED) is 0.751. The number of likely N-dealkylation sites (tertiary alicyclic amines) is 1. The van der Waals surface area contributed by atoms with E-state index in [0.29, 0.717) is 23.6 Å². The molecule has 0 spiro atoms. The minimum atomic E-state index is -0.261. The molecule has 1 aliphatic heterocycles. The van der Waals surface area contributed by atoms with Gasteiger partial charge in [0.1, 0.15) is 11.5 Å². The minimum absolute atomic E-state index is 0.0506. The summed E-state index contributed by atoms with van der Waals surface area (Å²) in [6.45, 7) is 5.87. The van der Waals surface area contributed by atoms with Crippen LogP contribution in [-0.2, 0) is 6.54 Å². The third-order valence-electron chi connectivity index (χ3n) is 5.06. The molecule has 1 fully saturated rings. The van der Waals surface area contributed by atoms with Crippen LogP contribution in [0.4, 0.5) is 10.2 Å². The second-order valence-electron chi connectivity index (χ2n) is 6.74. The number of aromatic nitrogens is 2. The van der Waals surface area contributed by atoms with Crippen LogP contribution in [-0.4, -0.2) is 33.9 Å². The molecule has 1 aromatic carbocycles. The summed E-state index contributed by atoms with van der Waals surface area (Å²) in [4.78, 5) is 22.3. The Morgan fingerprint density at radius 3 is 2.77 bits per heavy atom. The number of nitrogens with one attached hydrogen (secondary N) is 2. The van der Waals surface area contributed by atoms with Gasteiger partial charge in [-0.15, -0.1) is 0 Å². The van der Waals surface area contributed by atoms with Crippen LogP contribution in [0.2, 0.25) is 0 Å². The van der Waals surface area contributed by atoms with Crippen molar-refractivity contribution in [2.24, 2.45) is 0 Å². The smallest absolute Gasteiger partial charge is 0.272 e. The lowest BCUT2D eigenvalue weighted by atomic mass is 10.1. The minimum Gasteiger partial charge on any atom is -0.364 e. The van der Waals surface area contributed by atoms with Crippen molar-refractivity contribution in [1.82, 2.24) is 14.9 Å². The Bertz CT molecular complexity index is 991. The van der Waals surface area contributed by atoms with E-state index < -0.39 is 0 Å². The molecule has 1 saturated heterocycles. The molecule has 4 rings (SSSR count). The molecule has 2 N–H and O–H groups in total. The van der Waals surface area contributed by atoms with E-state index in [2.05, 4.69) is 15.3 Å². The largest absolute Gasteiger partial charge is 0.364 e. The highest BCUT2D eigenvalue weighted by Gasteiger charge is 2.24. The van der Waals surface area contributed by atoms with Gasteiger partial charge in [0.25, 0.3) is 5.91 Å². The van der Waals surface area contributed by atoms with Crippen LogP contribution >= 0.6 is 0 Å². The van der Waals surface area contributed by atoms with Crippen LogP contribution in [0.25, 0.3) is 10.9 Å². The summed E-state index contributed by atoms with van der Waals surface area (Å²) < 4.78 is 13.9. The molecule has 6 heteroatoms. The fourth-order valence-electron chi connectivity index (χ4n) is 3.19. The van der Waals surface area contributed by atoms with Crippen LogP contribution in [0.5, 0.6) is 0 Å². The maximum atomic E-state index is 13.9. The zero-order chi connectivity index (χ0) is 18.3. The van der Waals surface area contributed by atoms with Gasteiger partial charge in [0.2, 0.25) is 0 Å². The van der Waals surface area contributed by atoms with Crippen LogP contribution in [0, 0.1) is 19.7 Å². The summed E-state index contributed by atoms with van der Waals surface area (Å²) in [6, 6.07) is 8.49. The first-order chi connectivity index (χ1) is 12.5. The van der Waals surface area contributed by atoms with E-state index in [4.69, 9.17) is 0 Å². The molecule has 3 heterocycles. The van der Waals surface area contributed by atoms with E-state index >= 15 is 0 Å². The lowest BCUT2D eigenvalue weighted by Crippen LogP contribution is -2.42. The zero-order valence-electron chi connectivity index (χ0n) is 14.9. The number of anilines is 1. The second kappa shape index (κ2) is 6.44. The van der Waals surface area contributed by atoms with Crippen molar-refractivity contribution in [3.8, 4) is 0 Å². The number of nitrogens with zero attached hydrogens (tertiary/aromatic N) is 2. The maximum Gasteiger partial charge on any atom is 0.272 e. The number of rotatable bonds is 4. The van der Waals surface area contributed by atoms with E-state index in [1.165, 1.54) is 6.07 Å². The Morgan fingerprint density at radius 1 is 1.31 bits per heavy atom. The maximum absolute atomic E-state index is 13.9. The van der Waals surface area contributed by atoms with Crippen molar-refractivity contribution in [1.29, 1.82) is 0 Å². The summed E-state index contributed by atoms with van der Waals surface area (Å²) in [5.41, 5.74) is 3.95. The van der Waals surface area contributed by atoms with Crippen molar-refractivity contribution in [2.45, 2.75) is 26.8 Å². The average molecular weight is 352 g/mol. The fourth-order valence-corrected chi connectivity index (χ4v) is 3.19. The Balaban J connectivity index is 1.72. The predicted octanol–water partition coefficient (Wildman–Crippen LogP) is 3.78. The molecular formula is C20H21FN4O. The zero-order valence-corrected chi connectivity index (χ0v) is 14.9. The van der Waals surface area contributed by atoms with Gasteiger partial charge < -0.3 is 15.2 Å². The first-order valence-corrected chi connectivity index (χ1v) is 8.81. The van der Waals surface area contributed by atoms with Gasteiger partial charge in [0, 0.05) is 36.3 Å². The van der Waals surface area contributed by atoms with Crippen LogP contribution in [0.15, 0.2) is 30.3 Å². The molecule has 1 amide bonds. The summed E-state index contributed by atoms with van der Waals surface area (Å²) in [7, 11) is 0. The van der Waals surface area contributed by atoms with Crippen molar-refractivity contribution in [3.05, 3.63) is 58.7 Å². The summed E-state index contributed by atoms with van der Waals surface area (Å²) in [6.07, 6.45) is 1.04.